The molecule has 0 fully saturated rings. The number of nitrogens with one attached hydrogen (secondary N) is 1. The van der Waals surface area contributed by atoms with Gasteiger partial charge in [0.05, 0.1) is 18.9 Å². The third kappa shape index (κ3) is 3.95. The number of hydrogen-bond acceptors (Lipinski definition) is 3. The summed E-state index contributed by atoms with van der Waals surface area (Å²) < 4.78 is 5.27. The van der Waals surface area contributed by atoms with Crippen LogP contribution in [0, 0.1) is 0 Å². The number of benzene rings is 1. The molecule has 1 heterocycles. The summed E-state index contributed by atoms with van der Waals surface area (Å²) in [7, 11) is 0. The van der Waals surface area contributed by atoms with Crippen LogP contribution in [0.25, 0.3) is 0 Å². The predicted molar refractivity (Wildman–Crippen MR) is 80.4 cm³/mol. The van der Waals surface area contributed by atoms with E-state index in [1.807, 2.05) is 31.2 Å². The lowest BCUT2D eigenvalue weighted by molar-refractivity contribution is 0.134. The quantitative estimate of drug-likeness (QED) is 0.812. The van der Waals surface area contributed by atoms with E-state index in [1.165, 1.54) is 5.56 Å². The molecule has 0 radical (unpaired) electrons. The zero-order valence-electron chi connectivity index (χ0n) is 12.2. The van der Waals surface area contributed by atoms with E-state index in [0.29, 0.717) is 6.54 Å². The molecule has 0 saturated carbocycles. The van der Waals surface area contributed by atoms with Gasteiger partial charge in [0.2, 0.25) is 0 Å². The molecule has 2 rings (SSSR count). The van der Waals surface area contributed by atoms with Gasteiger partial charge in [0.15, 0.2) is 0 Å². The van der Waals surface area contributed by atoms with Crippen molar-refractivity contribution in [1.82, 2.24) is 5.32 Å². The van der Waals surface area contributed by atoms with Crippen LogP contribution in [0.3, 0.4) is 0 Å². The Morgan fingerprint density at radius 3 is 2.55 bits per heavy atom. The van der Waals surface area contributed by atoms with Gasteiger partial charge in [-0.25, -0.2) is 0 Å². The van der Waals surface area contributed by atoms with Crippen LogP contribution in [0.4, 0.5) is 0 Å². The molecule has 1 aromatic carbocycles. The second kappa shape index (κ2) is 7.27. The van der Waals surface area contributed by atoms with Gasteiger partial charge >= 0.3 is 0 Å². The Morgan fingerprint density at radius 1 is 1.20 bits per heavy atom. The normalized spacial score (nSPS) is 14.2. The molecule has 3 heteroatoms. The second-order valence-corrected chi connectivity index (χ2v) is 5.19. The lowest BCUT2D eigenvalue weighted by Crippen LogP contribution is -2.31. The van der Waals surface area contributed by atoms with Crippen LogP contribution < -0.4 is 5.32 Å². The van der Waals surface area contributed by atoms with E-state index in [0.717, 1.165) is 24.2 Å². The highest BCUT2D eigenvalue weighted by atomic mass is 16.3. The molecular formula is C17H23NO2. The van der Waals surface area contributed by atoms with Crippen molar-refractivity contribution in [2.24, 2.45) is 0 Å². The van der Waals surface area contributed by atoms with Crippen molar-refractivity contribution in [2.75, 3.05) is 0 Å². The molecule has 2 atom stereocenters. The summed E-state index contributed by atoms with van der Waals surface area (Å²) >= 11 is 0. The maximum Gasteiger partial charge on any atom is 0.117 e. The van der Waals surface area contributed by atoms with Crippen LogP contribution in [0.2, 0.25) is 0 Å². The molecule has 2 N–H and O–H groups in total. The summed E-state index contributed by atoms with van der Waals surface area (Å²) in [5, 5.41) is 13.6. The second-order valence-electron chi connectivity index (χ2n) is 5.19. The van der Waals surface area contributed by atoms with Gasteiger partial charge in [0, 0.05) is 6.04 Å². The molecular weight excluding hydrogens is 250 g/mol. The Kier molecular flexibility index (Phi) is 5.39. The highest BCUT2D eigenvalue weighted by Gasteiger charge is 2.16. The van der Waals surface area contributed by atoms with Crippen molar-refractivity contribution in [3.63, 3.8) is 0 Å². The molecule has 0 amide bonds. The molecule has 3 nitrogen and oxygen atoms in total. The fourth-order valence-electron chi connectivity index (χ4n) is 2.25. The van der Waals surface area contributed by atoms with Crippen molar-refractivity contribution < 1.29 is 9.52 Å². The Labute approximate surface area is 120 Å². The molecule has 2 aromatic rings. The zero-order valence-corrected chi connectivity index (χ0v) is 12.2. The van der Waals surface area contributed by atoms with E-state index in [9.17, 15) is 5.11 Å². The van der Waals surface area contributed by atoms with E-state index in [4.69, 9.17) is 4.42 Å². The first-order valence-corrected chi connectivity index (χ1v) is 7.23. The predicted octanol–water partition coefficient (Wildman–Crippen LogP) is 3.44. The van der Waals surface area contributed by atoms with Crippen molar-refractivity contribution >= 4 is 0 Å². The SMILES string of the molecule is CCCc1ccc(C(O)C(C)NCc2ccco2)cc1. The van der Waals surface area contributed by atoms with Gasteiger partial charge in [0.25, 0.3) is 0 Å². The number of aliphatic hydroxyl groups is 1. The Balaban J connectivity index is 1.90. The van der Waals surface area contributed by atoms with Gasteiger partial charge < -0.3 is 14.8 Å². The molecule has 0 aliphatic carbocycles. The fourth-order valence-corrected chi connectivity index (χ4v) is 2.25. The number of aryl methyl sites for hydroxylation is 1. The van der Waals surface area contributed by atoms with E-state index in [1.54, 1.807) is 6.26 Å². The summed E-state index contributed by atoms with van der Waals surface area (Å²) in [6.45, 7) is 4.77. The lowest BCUT2D eigenvalue weighted by atomic mass is 10.0. The number of aliphatic hydroxyl groups excluding tert-OH is 1. The topological polar surface area (TPSA) is 45.4 Å². The molecule has 0 aliphatic heterocycles. The van der Waals surface area contributed by atoms with Crippen molar-refractivity contribution in [3.05, 3.63) is 59.5 Å². The van der Waals surface area contributed by atoms with Crippen molar-refractivity contribution in [1.29, 1.82) is 0 Å². The molecule has 20 heavy (non-hydrogen) atoms. The lowest BCUT2D eigenvalue weighted by Gasteiger charge is -2.20. The third-order valence-corrected chi connectivity index (χ3v) is 3.51. The zero-order chi connectivity index (χ0) is 14.4. The Morgan fingerprint density at radius 2 is 1.95 bits per heavy atom. The number of rotatable bonds is 7. The maximum absolute atomic E-state index is 10.3. The Hall–Kier alpha value is -1.58. The van der Waals surface area contributed by atoms with Crippen LogP contribution in [-0.4, -0.2) is 11.1 Å². The van der Waals surface area contributed by atoms with Crippen LogP contribution in [0.5, 0.6) is 0 Å². The minimum atomic E-state index is -0.513. The molecule has 108 valence electrons. The Bertz CT molecular complexity index is 490. The van der Waals surface area contributed by atoms with Gasteiger partial charge in [-0.2, -0.15) is 0 Å². The summed E-state index contributed by atoms with van der Waals surface area (Å²) in [4.78, 5) is 0. The highest BCUT2D eigenvalue weighted by molar-refractivity contribution is 5.25. The summed E-state index contributed by atoms with van der Waals surface area (Å²) in [6.07, 6.45) is 3.37. The number of furan rings is 1. The van der Waals surface area contributed by atoms with Crippen LogP contribution in [0.1, 0.15) is 43.3 Å². The standard InChI is InChI=1S/C17H23NO2/c1-3-5-14-7-9-15(10-8-14)17(19)13(2)18-12-16-6-4-11-20-16/h4,6-11,13,17-19H,3,5,12H2,1-2H3. The summed E-state index contributed by atoms with van der Waals surface area (Å²) in [5.41, 5.74) is 2.27. The minimum absolute atomic E-state index is 0.0304. The third-order valence-electron chi connectivity index (χ3n) is 3.51. The van der Waals surface area contributed by atoms with Gasteiger partial charge in [-0.3, -0.25) is 0 Å². The number of hydrogen-bond donors (Lipinski definition) is 2. The maximum atomic E-state index is 10.3. The average molecular weight is 273 g/mol. The molecule has 0 spiro atoms. The minimum Gasteiger partial charge on any atom is -0.468 e. The van der Waals surface area contributed by atoms with Crippen LogP contribution in [0.15, 0.2) is 47.1 Å². The first-order valence-electron chi connectivity index (χ1n) is 7.23. The van der Waals surface area contributed by atoms with Gasteiger partial charge in [-0.1, -0.05) is 37.6 Å². The molecule has 2 unspecified atom stereocenters. The van der Waals surface area contributed by atoms with Gasteiger partial charge in [-0.05, 0) is 36.6 Å². The first-order chi connectivity index (χ1) is 9.70. The first kappa shape index (κ1) is 14.8. The van der Waals surface area contributed by atoms with E-state index >= 15 is 0 Å². The average Bonchev–Trinajstić information content (AvgIpc) is 2.98. The van der Waals surface area contributed by atoms with E-state index in [-0.39, 0.29) is 6.04 Å². The van der Waals surface area contributed by atoms with Crippen LogP contribution in [-0.2, 0) is 13.0 Å². The van der Waals surface area contributed by atoms with Crippen LogP contribution >= 0.6 is 0 Å². The molecule has 0 aliphatic rings. The molecule has 0 bridgehead atoms. The fraction of sp³-hybridized carbons (Fsp3) is 0.412. The van der Waals surface area contributed by atoms with Gasteiger partial charge in [0.1, 0.15) is 5.76 Å². The van der Waals surface area contributed by atoms with E-state index in [2.05, 4.69) is 24.4 Å². The largest absolute Gasteiger partial charge is 0.468 e. The van der Waals surface area contributed by atoms with Crippen molar-refractivity contribution in [2.45, 2.75) is 45.4 Å². The van der Waals surface area contributed by atoms with E-state index < -0.39 is 6.10 Å². The molecule has 1 aromatic heterocycles. The smallest absolute Gasteiger partial charge is 0.117 e. The highest BCUT2D eigenvalue weighted by Crippen LogP contribution is 2.18. The molecule has 0 saturated heterocycles. The monoisotopic (exact) mass is 273 g/mol. The van der Waals surface area contributed by atoms with Gasteiger partial charge in [-0.15, -0.1) is 0 Å². The summed E-state index contributed by atoms with van der Waals surface area (Å²) in [5.74, 6) is 0.877. The van der Waals surface area contributed by atoms with Crippen molar-refractivity contribution in [3.8, 4) is 0 Å². The summed E-state index contributed by atoms with van der Waals surface area (Å²) in [6, 6.07) is 12.0.